The Balaban J connectivity index is 2.10. The average molecular weight is 316 g/mol. The normalized spacial score (nSPS) is 11.9. The third-order valence-electron chi connectivity index (χ3n) is 3.21. The van der Waals surface area contributed by atoms with E-state index in [4.69, 9.17) is 16.3 Å². The lowest BCUT2D eigenvalue weighted by Gasteiger charge is -2.22. The number of imidazole rings is 1. The monoisotopic (exact) mass is 315 g/mol. The molecule has 0 saturated heterocycles. The first-order valence-electron chi connectivity index (χ1n) is 7.13. The zero-order chi connectivity index (χ0) is 15.9. The Morgan fingerprint density at radius 3 is 2.64 bits per heavy atom. The van der Waals surface area contributed by atoms with Crippen LogP contribution in [-0.4, -0.2) is 20.1 Å². The third-order valence-corrected chi connectivity index (χ3v) is 3.51. The van der Waals surface area contributed by atoms with Gasteiger partial charge in [-0.2, -0.15) is 0 Å². The molecule has 2 heterocycles. The fourth-order valence-electron chi connectivity index (χ4n) is 2.44. The Morgan fingerprint density at radius 1 is 1.18 bits per heavy atom. The molecule has 2 aromatic heterocycles. The summed E-state index contributed by atoms with van der Waals surface area (Å²) < 4.78 is 7.88. The van der Waals surface area contributed by atoms with Crippen molar-refractivity contribution in [1.82, 2.24) is 14.5 Å². The summed E-state index contributed by atoms with van der Waals surface area (Å²) in [4.78, 5) is 8.63. The fraction of sp³-hybridized carbons (Fsp3) is 0.294. The van der Waals surface area contributed by atoms with Crippen molar-refractivity contribution in [3.05, 3.63) is 47.5 Å². The molecule has 1 aromatic carbocycles. The lowest BCUT2D eigenvalue weighted by Crippen LogP contribution is -2.22. The summed E-state index contributed by atoms with van der Waals surface area (Å²) in [6.07, 6.45) is 3.51. The molecule has 114 valence electrons. The molecule has 0 spiro atoms. The molecule has 3 aromatic rings. The van der Waals surface area contributed by atoms with Gasteiger partial charge in [-0.3, -0.25) is 9.55 Å². The zero-order valence-electron chi connectivity index (χ0n) is 13.1. The number of fused-ring (bicyclic) bond motifs is 1. The van der Waals surface area contributed by atoms with E-state index in [1.807, 2.05) is 56.5 Å². The van der Waals surface area contributed by atoms with Crippen molar-refractivity contribution < 1.29 is 4.74 Å². The quantitative estimate of drug-likeness (QED) is 0.696. The van der Waals surface area contributed by atoms with Gasteiger partial charge >= 0.3 is 0 Å². The fourth-order valence-corrected chi connectivity index (χ4v) is 2.70. The summed E-state index contributed by atoms with van der Waals surface area (Å²) in [7, 11) is 0. The molecule has 0 aliphatic rings. The molecule has 0 unspecified atom stereocenters. The lowest BCUT2D eigenvalue weighted by molar-refractivity contribution is 0.131. The average Bonchev–Trinajstić information content (AvgIpc) is 2.73. The van der Waals surface area contributed by atoms with Crippen LogP contribution in [-0.2, 0) is 0 Å². The minimum atomic E-state index is -0.256. The summed E-state index contributed by atoms with van der Waals surface area (Å²) in [5.41, 5.74) is 2.47. The molecule has 0 fully saturated rings. The van der Waals surface area contributed by atoms with Gasteiger partial charge in [0.15, 0.2) is 0 Å². The van der Waals surface area contributed by atoms with Crippen LogP contribution in [0, 0.1) is 6.92 Å². The summed E-state index contributed by atoms with van der Waals surface area (Å²) in [5, 5.41) is 0.626. The number of aromatic nitrogens is 3. The molecule has 0 aliphatic heterocycles. The third kappa shape index (κ3) is 2.79. The van der Waals surface area contributed by atoms with Crippen LogP contribution in [0.5, 0.6) is 5.75 Å². The number of hydrogen-bond donors (Lipinski definition) is 0. The number of rotatable bonds is 2. The Labute approximate surface area is 134 Å². The first-order valence-corrected chi connectivity index (χ1v) is 7.51. The summed E-state index contributed by atoms with van der Waals surface area (Å²) in [5.74, 6) is 1.62. The first-order chi connectivity index (χ1) is 10.3. The van der Waals surface area contributed by atoms with E-state index >= 15 is 0 Å². The van der Waals surface area contributed by atoms with Crippen molar-refractivity contribution in [2.24, 2.45) is 0 Å². The van der Waals surface area contributed by atoms with Crippen LogP contribution in [0.15, 0.2) is 36.7 Å². The van der Waals surface area contributed by atoms with Gasteiger partial charge < -0.3 is 4.74 Å². The SMILES string of the molecule is Cc1nc2cnccc2n1-c1ccc(OC(C)(C)C)cc1Cl. The number of pyridine rings is 1. The molecule has 0 saturated carbocycles. The van der Waals surface area contributed by atoms with Crippen LogP contribution in [0.25, 0.3) is 16.7 Å². The van der Waals surface area contributed by atoms with E-state index in [0.29, 0.717) is 5.02 Å². The van der Waals surface area contributed by atoms with E-state index in [1.54, 1.807) is 12.4 Å². The summed E-state index contributed by atoms with van der Waals surface area (Å²) in [6.45, 7) is 7.98. The van der Waals surface area contributed by atoms with Gasteiger partial charge in [-0.1, -0.05) is 11.6 Å². The number of ether oxygens (including phenoxy) is 1. The highest BCUT2D eigenvalue weighted by atomic mass is 35.5. The molecule has 5 heteroatoms. The number of halogens is 1. The van der Waals surface area contributed by atoms with E-state index < -0.39 is 0 Å². The second kappa shape index (κ2) is 5.29. The largest absolute Gasteiger partial charge is 0.488 e. The number of nitrogens with zero attached hydrogens (tertiary/aromatic N) is 3. The summed E-state index contributed by atoms with van der Waals surface area (Å²) >= 11 is 6.48. The van der Waals surface area contributed by atoms with Gasteiger partial charge in [-0.05, 0) is 45.9 Å². The van der Waals surface area contributed by atoms with Gasteiger partial charge in [-0.15, -0.1) is 0 Å². The highest BCUT2D eigenvalue weighted by molar-refractivity contribution is 6.32. The molecule has 3 rings (SSSR count). The maximum absolute atomic E-state index is 6.48. The topological polar surface area (TPSA) is 39.9 Å². The summed E-state index contributed by atoms with van der Waals surface area (Å²) in [6, 6.07) is 7.66. The lowest BCUT2D eigenvalue weighted by atomic mass is 10.2. The van der Waals surface area contributed by atoms with Crippen molar-refractivity contribution in [2.45, 2.75) is 33.3 Å². The molecular formula is C17H18ClN3O. The first kappa shape index (κ1) is 14.9. The highest BCUT2D eigenvalue weighted by Crippen LogP contribution is 2.30. The second-order valence-electron chi connectivity index (χ2n) is 6.19. The standard InChI is InChI=1S/C17H18ClN3O/c1-11-20-14-10-19-8-7-16(14)21(11)15-6-5-12(9-13(15)18)22-17(2,3)4/h5-10H,1-4H3. The van der Waals surface area contributed by atoms with E-state index in [0.717, 1.165) is 28.3 Å². The Hall–Kier alpha value is -2.07. The van der Waals surface area contributed by atoms with Crippen LogP contribution in [0.1, 0.15) is 26.6 Å². The van der Waals surface area contributed by atoms with Crippen molar-refractivity contribution >= 4 is 22.6 Å². The minimum absolute atomic E-state index is 0.256. The van der Waals surface area contributed by atoms with Crippen LogP contribution >= 0.6 is 11.6 Å². The Bertz CT molecular complexity index is 834. The molecule has 0 atom stereocenters. The number of benzene rings is 1. The van der Waals surface area contributed by atoms with Gasteiger partial charge in [0.1, 0.15) is 22.7 Å². The van der Waals surface area contributed by atoms with Crippen molar-refractivity contribution in [2.75, 3.05) is 0 Å². The number of hydrogen-bond acceptors (Lipinski definition) is 3. The van der Waals surface area contributed by atoms with Gasteiger partial charge in [0, 0.05) is 12.3 Å². The second-order valence-corrected chi connectivity index (χ2v) is 6.59. The molecule has 0 amide bonds. The van der Waals surface area contributed by atoms with Crippen LogP contribution in [0.3, 0.4) is 0 Å². The van der Waals surface area contributed by atoms with E-state index in [-0.39, 0.29) is 5.60 Å². The van der Waals surface area contributed by atoms with Crippen LogP contribution in [0.4, 0.5) is 0 Å². The van der Waals surface area contributed by atoms with Crippen LogP contribution < -0.4 is 4.74 Å². The van der Waals surface area contributed by atoms with Crippen molar-refractivity contribution in [3.63, 3.8) is 0 Å². The maximum atomic E-state index is 6.48. The molecule has 4 nitrogen and oxygen atoms in total. The van der Waals surface area contributed by atoms with Crippen LogP contribution in [0.2, 0.25) is 5.02 Å². The molecular weight excluding hydrogens is 298 g/mol. The highest BCUT2D eigenvalue weighted by Gasteiger charge is 2.15. The maximum Gasteiger partial charge on any atom is 0.121 e. The van der Waals surface area contributed by atoms with Crippen molar-refractivity contribution in [1.29, 1.82) is 0 Å². The van der Waals surface area contributed by atoms with E-state index in [1.165, 1.54) is 0 Å². The van der Waals surface area contributed by atoms with Crippen molar-refractivity contribution in [3.8, 4) is 11.4 Å². The minimum Gasteiger partial charge on any atom is -0.488 e. The molecule has 22 heavy (non-hydrogen) atoms. The zero-order valence-corrected chi connectivity index (χ0v) is 13.8. The van der Waals surface area contributed by atoms with E-state index in [9.17, 15) is 0 Å². The van der Waals surface area contributed by atoms with Gasteiger partial charge in [0.2, 0.25) is 0 Å². The molecule has 0 N–H and O–H groups in total. The van der Waals surface area contributed by atoms with Gasteiger partial charge in [-0.25, -0.2) is 4.98 Å². The Kier molecular flexibility index (Phi) is 3.57. The van der Waals surface area contributed by atoms with E-state index in [2.05, 4.69) is 9.97 Å². The predicted molar refractivity (Wildman–Crippen MR) is 89.0 cm³/mol. The molecule has 0 bridgehead atoms. The predicted octanol–water partition coefficient (Wildman–Crippen LogP) is 4.56. The van der Waals surface area contributed by atoms with Gasteiger partial charge in [0.05, 0.1) is 22.4 Å². The number of aryl methyl sites for hydroxylation is 1. The Morgan fingerprint density at radius 2 is 1.95 bits per heavy atom. The molecule has 0 radical (unpaired) electrons. The molecule has 0 aliphatic carbocycles. The van der Waals surface area contributed by atoms with Gasteiger partial charge in [0.25, 0.3) is 0 Å². The smallest absolute Gasteiger partial charge is 0.121 e.